The standard InChI is InChI=1S/C6H7FN2O4S/c1-14(12,13)4-2-8-9(3-4)5(7)6(10)11/h2-3,5H,1H3,(H,10,11). The van der Waals surface area contributed by atoms with Crippen LogP contribution in [0.2, 0.25) is 0 Å². The van der Waals surface area contributed by atoms with Gasteiger partial charge in [0.2, 0.25) is 0 Å². The molecule has 0 bridgehead atoms. The van der Waals surface area contributed by atoms with Crippen LogP contribution in [0.25, 0.3) is 0 Å². The molecule has 0 saturated heterocycles. The van der Waals surface area contributed by atoms with Gasteiger partial charge in [0.25, 0.3) is 6.30 Å². The van der Waals surface area contributed by atoms with Gasteiger partial charge in [-0.3, -0.25) is 0 Å². The Morgan fingerprint density at radius 2 is 2.29 bits per heavy atom. The molecule has 0 aliphatic heterocycles. The molecule has 0 aliphatic rings. The highest BCUT2D eigenvalue weighted by molar-refractivity contribution is 7.90. The minimum atomic E-state index is -3.48. The number of aromatic nitrogens is 2. The van der Waals surface area contributed by atoms with Gasteiger partial charge >= 0.3 is 5.97 Å². The summed E-state index contributed by atoms with van der Waals surface area (Å²) in [6.45, 7) is 0. The van der Waals surface area contributed by atoms with Crippen molar-refractivity contribution < 1.29 is 22.7 Å². The van der Waals surface area contributed by atoms with E-state index >= 15 is 0 Å². The first-order valence-corrected chi connectivity index (χ1v) is 5.32. The first-order chi connectivity index (χ1) is 6.32. The fraction of sp³-hybridized carbons (Fsp3) is 0.333. The second kappa shape index (κ2) is 3.37. The summed E-state index contributed by atoms with van der Waals surface area (Å²) in [5.41, 5.74) is 0. The van der Waals surface area contributed by atoms with E-state index in [4.69, 9.17) is 5.11 Å². The molecule has 1 rings (SSSR count). The van der Waals surface area contributed by atoms with E-state index in [1.54, 1.807) is 0 Å². The van der Waals surface area contributed by atoms with Crippen molar-refractivity contribution in [3.8, 4) is 0 Å². The summed E-state index contributed by atoms with van der Waals surface area (Å²) in [5.74, 6) is -1.73. The first kappa shape index (κ1) is 10.6. The number of sulfone groups is 1. The van der Waals surface area contributed by atoms with Crippen molar-refractivity contribution >= 4 is 15.8 Å². The van der Waals surface area contributed by atoms with Crippen LogP contribution in [0.1, 0.15) is 6.30 Å². The molecule has 1 N–H and O–H groups in total. The molecule has 1 heterocycles. The van der Waals surface area contributed by atoms with Crippen LogP contribution in [0.4, 0.5) is 4.39 Å². The molecule has 0 fully saturated rings. The predicted molar refractivity (Wildman–Crippen MR) is 43.1 cm³/mol. The van der Waals surface area contributed by atoms with E-state index in [-0.39, 0.29) is 4.90 Å². The summed E-state index contributed by atoms with van der Waals surface area (Å²) in [6.07, 6.45) is 0.270. The van der Waals surface area contributed by atoms with Crippen LogP contribution in [-0.2, 0) is 14.6 Å². The van der Waals surface area contributed by atoms with Crippen LogP contribution in [0.15, 0.2) is 17.3 Å². The van der Waals surface area contributed by atoms with E-state index in [0.717, 1.165) is 18.6 Å². The van der Waals surface area contributed by atoms with Crippen molar-refractivity contribution in [3.63, 3.8) is 0 Å². The van der Waals surface area contributed by atoms with Crippen molar-refractivity contribution in [2.45, 2.75) is 11.2 Å². The highest BCUT2D eigenvalue weighted by atomic mass is 32.2. The third-order valence-electron chi connectivity index (χ3n) is 1.44. The minimum Gasteiger partial charge on any atom is -0.478 e. The van der Waals surface area contributed by atoms with Crippen LogP contribution in [0.3, 0.4) is 0 Å². The average molecular weight is 222 g/mol. The molecule has 0 spiro atoms. The zero-order valence-corrected chi connectivity index (χ0v) is 7.90. The quantitative estimate of drug-likeness (QED) is 0.767. The summed E-state index contributed by atoms with van der Waals surface area (Å²) >= 11 is 0. The zero-order valence-electron chi connectivity index (χ0n) is 7.08. The number of aliphatic carboxylic acids is 1. The zero-order chi connectivity index (χ0) is 10.9. The Hall–Kier alpha value is -1.44. The molecule has 1 unspecified atom stereocenters. The normalized spacial score (nSPS) is 13.9. The maximum absolute atomic E-state index is 12.8. The molecule has 0 aromatic carbocycles. The van der Waals surface area contributed by atoms with Gasteiger partial charge in [-0.2, -0.15) is 5.10 Å². The first-order valence-electron chi connectivity index (χ1n) is 3.43. The number of alkyl halides is 1. The van der Waals surface area contributed by atoms with E-state index in [1.165, 1.54) is 0 Å². The van der Waals surface area contributed by atoms with Crippen molar-refractivity contribution in [3.05, 3.63) is 12.4 Å². The Kier molecular flexibility index (Phi) is 2.56. The smallest absolute Gasteiger partial charge is 0.361 e. The van der Waals surface area contributed by atoms with Gasteiger partial charge in [-0.15, -0.1) is 0 Å². The van der Waals surface area contributed by atoms with Crippen LogP contribution < -0.4 is 0 Å². The minimum absolute atomic E-state index is 0.221. The number of hydrogen-bond donors (Lipinski definition) is 1. The van der Waals surface area contributed by atoms with Crippen molar-refractivity contribution in [2.24, 2.45) is 0 Å². The Bertz CT molecular complexity index is 452. The third kappa shape index (κ3) is 2.08. The van der Waals surface area contributed by atoms with Crippen LogP contribution in [0, 0.1) is 0 Å². The van der Waals surface area contributed by atoms with Crippen LogP contribution >= 0.6 is 0 Å². The van der Waals surface area contributed by atoms with Gasteiger partial charge in [-0.05, 0) is 0 Å². The number of carbonyl (C=O) groups is 1. The summed E-state index contributed by atoms with van der Waals surface area (Å²) in [6, 6.07) is 0. The Balaban J connectivity index is 3.06. The monoisotopic (exact) mass is 222 g/mol. The van der Waals surface area contributed by atoms with Crippen molar-refractivity contribution in [1.82, 2.24) is 9.78 Å². The molecular formula is C6H7FN2O4S. The summed E-state index contributed by atoms with van der Waals surface area (Å²) in [5, 5.41) is 11.5. The molecule has 0 amide bonds. The maximum Gasteiger partial charge on any atom is 0.361 e. The number of rotatable bonds is 3. The second-order valence-corrected chi connectivity index (χ2v) is 4.62. The number of hydrogen-bond acceptors (Lipinski definition) is 4. The van der Waals surface area contributed by atoms with E-state index in [1.807, 2.05) is 0 Å². The molecule has 0 aliphatic carbocycles. The van der Waals surface area contributed by atoms with Crippen LogP contribution in [-0.4, -0.2) is 35.5 Å². The highest BCUT2D eigenvalue weighted by Crippen LogP contribution is 2.12. The summed E-state index contributed by atoms with van der Waals surface area (Å²) in [7, 11) is -3.48. The Morgan fingerprint density at radius 1 is 1.71 bits per heavy atom. The lowest BCUT2D eigenvalue weighted by Gasteiger charge is -2.00. The number of halogens is 1. The molecule has 1 aromatic rings. The topological polar surface area (TPSA) is 89.3 Å². The lowest BCUT2D eigenvalue weighted by atomic mass is 10.6. The number of carboxylic acid groups (broad SMARTS) is 1. The van der Waals surface area contributed by atoms with E-state index < -0.39 is 22.1 Å². The van der Waals surface area contributed by atoms with E-state index in [2.05, 4.69) is 5.10 Å². The Morgan fingerprint density at radius 3 is 2.64 bits per heavy atom. The van der Waals surface area contributed by atoms with Gasteiger partial charge in [0.05, 0.1) is 6.20 Å². The Labute approximate surface area is 78.9 Å². The summed E-state index contributed by atoms with van der Waals surface area (Å²) in [4.78, 5) is 9.95. The molecule has 0 saturated carbocycles. The van der Waals surface area contributed by atoms with Gasteiger partial charge in [0, 0.05) is 12.5 Å². The lowest BCUT2D eigenvalue weighted by molar-refractivity contribution is -0.146. The van der Waals surface area contributed by atoms with Gasteiger partial charge in [-0.1, -0.05) is 0 Å². The lowest BCUT2D eigenvalue weighted by Crippen LogP contribution is -2.14. The average Bonchev–Trinajstić information content (AvgIpc) is 2.49. The van der Waals surface area contributed by atoms with Gasteiger partial charge in [0.1, 0.15) is 4.90 Å². The third-order valence-corrected chi connectivity index (χ3v) is 2.51. The van der Waals surface area contributed by atoms with E-state index in [9.17, 15) is 17.6 Å². The molecule has 6 nitrogen and oxygen atoms in total. The van der Waals surface area contributed by atoms with Crippen LogP contribution in [0.5, 0.6) is 0 Å². The van der Waals surface area contributed by atoms with Crippen molar-refractivity contribution in [2.75, 3.05) is 6.26 Å². The number of carboxylic acids is 1. The molecule has 0 radical (unpaired) electrons. The van der Waals surface area contributed by atoms with Gasteiger partial charge in [-0.25, -0.2) is 22.3 Å². The molecule has 8 heteroatoms. The number of nitrogens with zero attached hydrogens (tertiary/aromatic N) is 2. The maximum atomic E-state index is 12.8. The highest BCUT2D eigenvalue weighted by Gasteiger charge is 2.20. The molecule has 1 atom stereocenters. The van der Waals surface area contributed by atoms with Gasteiger partial charge in [0.15, 0.2) is 9.84 Å². The fourth-order valence-corrected chi connectivity index (χ4v) is 1.29. The fourth-order valence-electron chi connectivity index (χ4n) is 0.749. The molecule has 1 aromatic heterocycles. The van der Waals surface area contributed by atoms with E-state index in [0.29, 0.717) is 4.68 Å². The predicted octanol–water partition coefficient (Wildman–Crippen LogP) is -0.161. The summed E-state index contributed by atoms with van der Waals surface area (Å²) < 4.78 is 35.0. The molecule has 78 valence electrons. The van der Waals surface area contributed by atoms with Gasteiger partial charge < -0.3 is 5.11 Å². The molecule has 14 heavy (non-hydrogen) atoms. The largest absolute Gasteiger partial charge is 0.478 e. The molecular weight excluding hydrogens is 215 g/mol. The second-order valence-electron chi connectivity index (χ2n) is 2.60. The SMILES string of the molecule is CS(=O)(=O)c1cnn(C(F)C(=O)O)c1. The van der Waals surface area contributed by atoms with Crippen molar-refractivity contribution in [1.29, 1.82) is 0 Å².